The average molecular weight is 229 g/mol. The van der Waals surface area contributed by atoms with Crippen molar-refractivity contribution in [2.45, 2.75) is 46.1 Å². The van der Waals surface area contributed by atoms with Crippen LogP contribution in [0.25, 0.3) is 0 Å². The molecule has 92 valence electrons. The highest BCUT2D eigenvalue weighted by Crippen LogP contribution is 2.19. The third-order valence-corrected chi connectivity index (χ3v) is 2.82. The van der Waals surface area contributed by atoms with Crippen LogP contribution in [0.1, 0.15) is 50.3 Å². The molecule has 1 aromatic rings. The van der Waals surface area contributed by atoms with Gasteiger partial charge in [-0.25, -0.2) is 0 Å². The van der Waals surface area contributed by atoms with Crippen LogP contribution in [0.5, 0.6) is 0 Å². The van der Waals surface area contributed by atoms with E-state index in [1.807, 2.05) is 6.92 Å². The lowest BCUT2D eigenvalue weighted by Crippen LogP contribution is -2.22. The van der Waals surface area contributed by atoms with E-state index in [1.54, 1.807) is 0 Å². The second-order valence-corrected chi connectivity index (χ2v) is 4.39. The van der Waals surface area contributed by atoms with Gasteiger partial charge in [-0.15, -0.1) is 11.8 Å². The van der Waals surface area contributed by atoms with Crippen LogP contribution in [-0.4, -0.2) is 6.54 Å². The van der Waals surface area contributed by atoms with Crippen molar-refractivity contribution in [2.24, 2.45) is 0 Å². The fourth-order valence-electron chi connectivity index (χ4n) is 1.93. The van der Waals surface area contributed by atoms with Crippen molar-refractivity contribution >= 4 is 0 Å². The van der Waals surface area contributed by atoms with Crippen LogP contribution >= 0.6 is 0 Å². The van der Waals surface area contributed by atoms with Crippen molar-refractivity contribution in [3.63, 3.8) is 0 Å². The van der Waals surface area contributed by atoms with Crippen LogP contribution in [0.2, 0.25) is 0 Å². The Morgan fingerprint density at radius 1 is 1.35 bits per heavy atom. The van der Waals surface area contributed by atoms with E-state index in [0.29, 0.717) is 6.04 Å². The predicted molar refractivity (Wildman–Crippen MR) is 74.9 cm³/mol. The van der Waals surface area contributed by atoms with Crippen molar-refractivity contribution in [1.82, 2.24) is 5.32 Å². The highest BCUT2D eigenvalue weighted by molar-refractivity contribution is 5.25. The molecule has 0 saturated heterocycles. The molecule has 1 heteroatoms. The molecule has 0 aromatic heterocycles. The van der Waals surface area contributed by atoms with Gasteiger partial charge in [-0.3, -0.25) is 0 Å². The molecule has 1 nitrogen and oxygen atoms in total. The van der Waals surface area contributed by atoms with E-state index in [0.717, 1.165) is 19.4 Å². The minimum absolute atomic E-state index is 0.440. The Bertz CT molecular complexity index is 384. The highest BCUT2D eigenvalue weighted by Gasteiger charge is 2.09. The van der Waals surface area contributed by atoms with Crippen molar-refractivity contribution in [1.29, 1.82) is 0 Å². The first kappa shape index (κ1) is 13.8. The van der Waals surface area contributed by atoms with E-state index in [4.69, 9.17) is 0 Å². The first-order valence-corrected chi connectivity index (χ1v) is 6.47. The molecule has 0 aliphatic rings. The van der Waals surface area contributed by atoms with Crippen LogP contribution in [0.4, 0.5) is 0 Å². The van der Waals surface area contributed by atoms with Crippen molar-refractivity contribution in [3.8, 4) is 11.8 Å². The molecule has 1 rings (SSSR count). The maximum atomic E-state index is 3.60. The van der Waals surface area contributed by atoms with Gasteiger partial charge in [-0.05, 0) is 38.8 Å². The molecule has 0 spiro atoms. The summed E-state index contributed by atoms with van der Waals surface area (Å²) in [6.45, 7) is 7.32. The lowest BCUT2D eigenvalue weighted by Gasteiger charge is -2.18. The van der Waals surface area contributed by atoms with E-state index >= 15 is 0 Å². The summed E-state index contributed by atoms with van der Waals surface area (Å²) in [5.41, 5.74) is 2.71. The van der Waals surface area contributed by atoms with Gasteiger partial charge in [-0.1, -0.05) is 36.8 Å². The van der Waals surface area contributed by atoms with Crippen LogP contribution in [0.3, 0.4) is 0 Å². The van der Waals surface area contributed by atoms with Gasteiger partial charge in [-0.2, -0.15) is 0 Å². The molecule has 0 radical (unpaired) electrons. The molecule has 0 heterocycles. The molecule has 0 amide bonds. The zero-order chi connectivity index (χ0) is 12.5. The third-order valence-electron chi connectivity index (χ3n) is 2.82. The molecular formula is C16H23N. The molecule has 0 aliphatic carbocycles. The summed E-state index contributed by atoms with van der Waals surface area (Å²) < 4.78 is 0. The van der Waals surface area contributed by atoms with Gasteiger partial charge in [0.05, 0.1) is 0 Å². The zero-order valence-corrected chi connectivity index (χ0v) is 11.2. The van der Waals surface area contributed by atoms with Gasteiger partial charge in [0.25, 0.3) is 0 Å². The summed E-state index contributed by atoms with van der Waals surface area (Å²) in [4.78, 5) is 0. The fraction of sp³-hybridized carbons (Fsp3) is 0.500. The van der Waals surface area contributed by atoms with E-state index < -0.39 is 0 Å². The first-order valence-electron chi connectivity index (χ1n) is 6.47. The van der Waals surface area contributed by atoms with Gasteiger partial charge in [0.15, 0.2) is 0 Å². The topological polar surface area (TPSA) is 12.0 Å². The van der Waals surface area contributed by atoms with Gasteiger partial charge >= 0.3 is 0 Å². The van der Waals surface area contributed by atoms with Crippen LogP contribution in [0.15, 0.2) is 24.3 Å². The normalized spacial score (nSPS) is 11.7. The minimum atomic E-state index is 0.440. The van der Waals surface area contributed by atoms with Gasteiger partial charge in [0.1, 0.15) is 0 Å². The molecule has 1 aromatic carbocycles. The highest BCUT2D eigenvalue weighted by atomic mass is 14.9. The van der Waals surface area contributed by atoms with Crippen molar-refractivity contribution in [2.75, 3.05) is 6.54 Å². The number of hydrogen-bond donors (Lipinski definition) is 1. The first-order chi connectivity index (χ1) is 8.27. The van der Waals surface area contributed by atoms with Gasteiger partial charge in [0, 0.05) is 12.5 Å². The Kier molecular flexibility index (Phi) is 6.43. The van der Waals surface area contributed by atoms with Gasteiger partial charge < -0.3 is 5.32 Å². The van der Waals surface area contributed by atoms with Crippen LogP contribution in [0, 0.1) is 18.8 Å². The molecule has 1 unspecified atom stereocenters. The largest absolute Gasteiger partial charge is 0.310 e. The summed E-state index contributed by atoms with van der Waals surface area (Å²) in [5.74, 6) is 6.11. The van der Waals surface area contributed by atoms with Crippen LogP contribution in [-0.2, 0) is 0 Å². The molecule has 17 heavy (non-hydrogen) atoms. The fourth-order valence-corrected chi connectivity index (χ4v) is 1.93. The number of hydrogen-bond acceptors (Lipinski definition) is 1. The molecule has 1 atom stereocenters. The Morgan fingerprint density at radius 3 is 2.82 bits per heavy atom. The van der Waals surface area contributed by atoms with Crippen LogP contribution < -0.4 is 5.32 Å². The molecule has 0 aliphatic heterocycles. The lowest BCUT2D eigenvalue weighted by molar-refractivity contribution is 0.505. The maximum absolute atomic E-state index is 3.60. The smallest absolute Gasteiger partial charge is 0.0329 e. The second-order valence-electron chi connectivity index (χ2n) is 4.39. The Hall–Kier alpha value is -1.26. The van der Waals surface area contributed by atoms with Crippen molar-refractivity contribution in [3.05, 3.63) is 35.4 Å². The standard InChI is InChI=1S/C16H23N/c1-4-6-7-11-16(17-12-5-2)15-10-8-9-14(3)13-15/h8-10,13,16-17H,5,7,11-12H2,1-3H3. The maximum Gasteiger partial charge on any atom is 0.0329 e. The monoisotopic (exact) mass is 229 g/mol. The lowest BCUT2D eigenvalue weighted by atomic mass is 10.00. The molecule has 0 saturated carbocycles. The summed E-state index contributed by atoms with van der Waals surface area (Å²) in [7, 11) is 0. The summed E-state index contributed by atoms with van der Waals surface area (Å²) in [6.07, 6.45) is 3.22. The van der Waals surface area contributed by atoms with E-state index in [9.17, 15) is 0 Å². The third kappa shape index (κ3) is 5.06. The number of nitrogens with one attached hydrogen (secondary N) is 1. The Morgan fingerprint density at radius 2 is 2.18 bits per heavy atom. The van der Waals surface area contributed by atoms with Crippen molar-refractivity contribution < 1.29 is 0 Å². The summed E-state index contributed by atoms with van der Waals surface area (Å²) in [6, 6.07) is 9.20. The quantitative estimate of drug-likeness (QED) is 0.731. The summed E-state index contributed by atoms with van der Waals surface area (Å²) in [5, 5.41) is 3.60. The van der Waals surface area contributed by atoms with E-state index in [2.05, 4.69) is 55.3 Å². The molecule has 0 bridgehead atoms. The second kappa shape index (κ2) is 7.92. The molecule has 1 N–H and O–H groups in total. The summed E-state index contributed by atoms with van der Waals surface area (Å²) >= 11 is 0. The molecule has 0 fully saturated rings. The van der Waals surface area contributed by atoms with E-state index in [1.165, 1.54) is 17.5 Å². The Balaban J connectivity index is 2.69. The van der Waals surface area contributed by atoms with E-state index in [-0.39, 0.29) is 0 Å². The molecular weight excluding hydrogens is 206 g/mol. The number of aryl methyl sites for hydroxylation is 1. The Labute approximate surface area is 106 Å². The SMILES string of the molecule is CC#CCCC(NCCC)c1cccc(C)c1. The average Bonchev–Trinajstić information content (AvgIpc) is 2.33. The number of rotatable bonds is 6. The number of benzene rings is 1. The predicted octanol–water partition coefficient (Wildman–Crippen LogP) is 3.84. The van der Waals surface area contributed by atoms with Gasteiger partial charge in [0.2, 0.25) is 0 Å². The minimum Gasteiger partial charge on any atom is -0.310 e. The zero-order valence-electron chi connectivity index (χ0n) is 11.2.